The first-order valence-electron chi connectivity index (χ1n) is 13.4. The summed E-state index contributed by atoms with van der Waals surface area (Å²) in [5.41, 5.74) is 1.14. The Morgan fingerprint density at radius 1 is 0.523 bits per heavy atom. The van der Waals surface area contributed by atoms with E-state index < -0.39 is 11.9 Å². The van der Waals surface area contributed by atoms with Crippen LogP contribution in [-0.4, -0.2) is 60.1 Å². The van der Waals surface area contributed by atoms with Crippen LogP contribution in [0.5, 0.6) is 23.0 Å². The topological polar surface area (TPSA) is 146 Å². The molecular weight excluding hydrogens is 568 g/mol. The molecule has 0 radical (unpaired) electrons. The molecule has 10 nitrogen and oxygen atoms in total. The molecule has 0 fully saturated rings. The monoisotopic (exact) mass is 596 g/mol. The van der Waals surface area contributed by atoms with Gasteiger partial charge in [-0.1, -0.05) is 60.7 Å². The third-order valence-electron chi connectivity index (χ3n) is 6.05. The van der Waals surface area contributed by atoms with Crippen LogP contribution in [0.15, 0.2) is 109 Å². The van der Waals surface area contributed by atoms with Crippen LogP contribution in [0.4, 0.5) is 0 Å². The summed E-state index contributed by atoms with van der Waals surface area (Å²) < 4.78 is 20.8. The molecule has 0 aliphatic rings. The molecule has 0 heterocycles. The lowest BCUT2D eigenvalue weighted by Gasteiger charge is -2.09. The zero-order valence-corrected chi connectivity index (χ0v) is 23.4. The quantitative estimate of drug-likeness (QED) is 0.0912. The highest BCUT2D eigenvalue weighted by molar-refractivity contribution is 6.11. The zero-order chi connectivity index (χ0) is 31.3. The Morgan fingerprint density at radius 3 is 1.27 bits per heavy atom. The maximum atomic E-state index is 12.5. The average Bonchev–Trinajstić information content (AvgIpc) is 3.04. The Hall–Kier alpha value is -5.90. The van der Waals surface area contributed by atoms with Gasteiger partial charge in [0, 0.05) is 35.4 Å². The van der Waals surface area contributed by atoms with Crippen molar-refractivity contribution < 1.29 is 48.3 Å². The fraction of sp³-hybridized carbons (Fsp3) is 0.118. The van der Waals surface area contributed by atoms with Crippen LogP contribution in [0.25, 0.3) is 0 Å². The van der Waals surface area contributed by atoms with E-state index in [2.05, 4.69) is 0 Å². The highest BCUT2D eigenvalue weighted by Crippen LogP contribution is 2.27. The van der Waals surface area contributed by atoms with Gasteiger partial charge in [0.25, 0.3) is 0 Å². The van der Waals surface area contributed by atoms with Crippen molar-refractivity contribution in [2.24, 2.45) is 0 Å². The van der Waals surface area contributed by atoms with Crippen LogP contribution in [0.1, 0.15) is 31.8 Å². The fourth-order valence-corrected chi connectivity index (χ4v) is 3.91. The molecule has 44 heavy (non-hydrogen) atoms. The van der Waals surface area contributed by atoms with E-state index in [0.29, 0.717) is 11.1 Å². The Bertz CT molecular complexity index is 1520. The first-order valence-corrected chi connectivity index (χ1v) is 13.4. The number of benzene rings is 4. The molecule has 4 rings (SSSR count). The number of ketones is 2. The number of rotatable bonds is 14. The van der Waals surface area contributed by atoms with E-state index in [4.69, 9.17) is 18.9 Å². The molecule has 0 saturated heterocycles. The zero-order valence-electron chi connectivity index (χ0n) is 23.4. The summed E-state index contributed by atoms with van der Waals surface area (Å²) in [4.78, 5) is 48.7. The lowest BCUT2D eigenvalue weighted by Crippen LogP contribution is -2.12. The number of phenolic OH excluding ortho intramolecular Hbond substituents is 2. The highest BCUT2D eigenvalue weighted by Gasteiger charge is 2.15. The molecule has 4 aromatic carbocycles. The van der Waals surface area contributed by atoms with Gasteiger partial charge in [-0.2, -0.15) is 0 Å². The van der Waals surface area contributed by atoms with Crippen molar-refractivity contribution in [2.75, 3.05) is 26.4 Å². The van der Waals surface area contributed by atoms with E-state index in [1.165, 1.54) is 36.4 Å². The number of esters is 2. The van der Waals surface area contributed by atoms with Gasteiger partial charge in [-0.3, -0.25) is 9.59 Å². The van der Waals surface area contributed by atoms with Crippen molar-refractivity contribution in [1.82, 2.24) is 0 Å². The van der Waals surface area contributed by atoms with Gasteiger partial charge in [0.1, 0.15) is 49.4 Å². The third-order valence-corrected chi connectivity index (χ3v) is 6.05. The van der Waals surface area contributed by atoms with Gasteiger partial charge >= 0.3 is 11.9 Å². The standard InChI is InChI=1S/C34H28O10/c35-29-21-25(11-13-27(29)33(39)23-7-3-1-4-8-23)41-17-19-43-31(37)15-16-32(38)44-20-18-42-26-12-14-28(30(36)22-26)34(40)24-9-5-2-6-10-24/h1-16,21-22,35-36H,17-20H2/b16-15-. The molecular formula is C34H28O10. The number of carbonyl (C=O) groups is 4. The van der Waals surface area contributed by atoms with Crippen LogP contribution in [-0.2, 0) is 19.1 Å². The number of phenols is 2. The Balaban J connectivity index is 1.12. The van der Waals surface area contributed by atoms with E-state index in [-0.39, 0.29) is 72.1 Å². The minimum absolute atomic E-state index is 0.0380. The molecule has 10 heteroatoms. The average molecular weight is 597 g/mol. The molecule has 0 spiro atoms. The number of ether oxygens (including phenoxy) is 4. The summed E-state index contributed by atoms with van der Waals surface area (Å²) >= 11 is 0. The molecule has 0 aromatic heterocycles. The van der Waals surface area contributed by atoms with Crippen molar-refractivity contribution in [3.63, 3.8) is 0 Å². The molecule has 0 aliphatic heterocycles. The predicted molar refractivity (Wildman–Crippen MR) is 158 cm³/mol. The van der Waals surface area contributed by atoms with Crippen LogP contribution in [0, 0.1) is 0 Å². The van der Waals surface area contributed by atoms with E-state index in [9.17, 15) is 29.4 Å². The summed E-state index contributed by atoms with van der Waals surface area (Å²) in [6.07, 6.45) is 1.80. The summed E-state index contributed by atoms with van der Waals surface area (Å²) in [7, 11) is 0. The number of aromatic hydroxyl groups is 2. The van der Waals surface area contributed by atoms with Crippen molar-refractivity contribution in [3.05, 3.63) is 131 Å². The van der Waals surface area contributed by atoms with E-state index >= 15 is 0 Å². The minimum Gasteiger partial charge on any atom is -0.507 e. The van der Waals surface area contributed by atoms with Gasteiger partial charge in [-0.15, -0.1) is 0 Å². The largest absolute Gasteiger partial charge is 0.507 e. The van der Waals surface area contributed by atoms with Crippen LogP contribution < -0.4 is 9.47 Å². The van der Waals surface area contributed by atoms with Gasteiger partial charge in [-0.25, -0.2) is 9.59 Å². The molecule has 2 N–H and O–H groups in total. The molecule has 224 valence electrons. The van der Waals surface area contributed by atoms with Gasteiger partial charge in [-0.05, 0) is 24.3 Å². The normalized spacial score (nSPS) is 10.6. The van der Waals surface area contributed by atoms with Crippen molar-refractivity contribution in [2.45, 2.75) is 0 Å². The summed E-state index contributed by atoms with van der Waals surface area (Å²) in [5.74, 6) is -2.19. The first kappa shape index (κ1) is 31.0. The first-order chi connectivity index (χ1) is 21.3. The van der Waals surface area contributed by atoms with Crippen molar-refractivity contribution in [1.29, 1.82) is 0 Å². The van der Waals surface area contributed by atoms with Gasteiger partial charge in [0.15, 0.2) is 11.6 Å². The maximum Gasteiger partial charge on any atom is 0.331 e. The van der Waals surface area contributed by atoms with Gasteiger partial charge in [0.05, 0.1) is 11.1 Å². The van der Waals surface area contributed by atoms with Crippen LogP contribution in [0.3, 0.4) is 0 Å². The number of carbonyl (C=O) groups excluding carboxylic acids is 4. The lowest BCUT2D eigenvalue weighted by molar-refractivity contribution is -0.141. The third kappa shape index (κ3) is 8.80. The Morgan fingerprint density at radius 2 is 0.909 bits per heavy atom. The Labute approximate surface area is 252 Å². The second kappa shape index (κ2) is 15.4. The molecule has 0 saturated carbocycles. The van der Waals surface area contributed by atoms with Crippen molar-refractivity contribution in [3.8, 4) is 23.0 Å². The van der Waals surface area contributed by atoms with Crippen LogP contribution in [0.2, 0.25) is 0 Å². The molecule has 0 unspecified atom stereocenters. The molecule has 0 atom stereocenters. The van der Waals surface area contributed by atoms with Crippen LogP contribution >= 0.6 is 0 Å². The maximum absolute atomic E-state index is 12.5. The van der Waals surface area contributed by atoms with Crippen molar-refractivity contribution >= 4 is 23.5 Å². The lowest BCUT2D eigenvalue weighted by atomic mass is 10.0. The molecule has 0 bridgehead atoms. The summed E-state index contributed by atoms with van der Waals surface area (Å²) in [5, 5.41) is 20.5. The van der Waals surface area contributed by atoms with Gasteiger partial charge < -0.3 is 29.2 Å². The molecule has 0 amide bonds. The Kier molecular flexibility index (Phi) is 10.8. The second-order valence-corrected chi connectivity index (χ2v) is 9.11. The summed E-state index contributed by atoms with van der Waals surface area (Å²) in [6.45, 7) is -0.354. The molecule has 0 aliphatic carbocycles. The highest BCUT2D eigenvalue weighted by atomic mass is 16.6. The molecule has 4 aromatic rings. The number of hydrogen-bond acceptors (Lipinski definition) is 10. The van der Waals surface area contributed by atoms with E-state index in [0.717, 1.165) is 12.2 Å². The second-order valence-electron chi connectivity index (χ2n) is 9.11. The van der Waals surface area contributed by atoms with E-state index in [1.807, 2.05) is 0 Å². The van der Waals surface area contributed by atoms with Gasteiger partial charge in [0.2, 0.25) is 0 Å². The van der Waals surface area contributed by atoms with E-state index in [1.54, 1.807) is 60.7 Å². The minimum atomic E-state index is -0.797. The SMILES string of the molecule is O=C(/C=C\C(=O)OCCOc1ccc(C(=O)c2ccccc2)c(O)c1)OCCOc1ccc(C(=O)c2ccccc2)c(O)c1. The predicted octanol–water partition coefficient (Wildman–Crippen LogP) is 4.66. The number of hydrogen-bond donors (Lipinski definition) is 2. The fourth-order valence-electron chi connectivity index (χ4n) is 3.91. The summed E-state index contributed by atoms with van der Waals surface area (Å²) in [6, 6.07) is 25.6. The smallest absolute Gasteiger partial charge is 0.331 e.